The maximum atomic E-state index is 4.91. The zero-order valence-electron chi connectivity index (χ0n) is 15.2. The minimum Gasteiger partial charge on any atom is -0.365 e. The van der Waals surface area contributed by atoms with Crippen LogP contribution in [0.2, 0.25) is 0 Å². The molecule has 1 aromatic heterocycles. The molecule has 0 spiro atoms. The maximum absolute atomic E-state index is 4.91. The number of anilines is 2. The van der Waals surface area contributed by atoms with Crippen molar-refractivity contribution in [3.8, 4) is 0 Å². The molecule has 1 saturated heterocycles. The first-order valence-electron chi connectivity index (χ1n) is 9.33. The van der Waals surface area contributed by atoms with Gasteiger partial charge in [0, 0.05) is 31.1 Å². The Morgan fingerprint density at radius 3 is 2.73 bits per heavy atom. The lowest BCUT2D eigenvalue weighted by Gasteiger charge is -2.27. The highest BCUT2D eigenvalue weighted by Crippen LogP contribution is 2.25. The van der Waals surface area contributed by atoms with E-state index in [9.17, 15) is 0 Å². The number of benzene rings is 2. The quantitative estimate of drug-likeness (QED) is 0.757. The molecule has 0 radical (unpaired) electrons. The summed E-state index contributed by atoms with van der Waals surface area (Å²) in [7, 11) is 0. The maximum Gasteiger partial charge on any atom is 0.228 e. The van der Waals surface area contributed by atoms with Crippen molar-refractivity contribution in [1.29, 1.82) is 0 Å². The van der Waals surface area contributed by atoms with Crippen LogP contribution in [0, 0.1) is 0 Å². The molecule has 134 valence electrons. The summed E-state index contributed by atoms with van der Waals surface area (Å²) in [5.74, 6) is 1.72. The van der Waals surface area contributed by atoms with E-state index in [1.54, 1.807) is 0 Å². The molecule has 3 aromatic rings. The van der Waals surface area contributed by atoms with Crippen LogP contribution in [0.15, 0.2) is 54.6 Å². The van der Waals surface area contributed by atoms with Gasteiger partial charge in [0.2, 0.25) is 5.95 Å². The van der Waals surface area contributed by atoms with Crippen molar-refractivity contribution in [3.05, 3.63) is 60.2 Å². The number of nitrogens with one attached hydrogen (secondary N) is 2. The van der Waals surface area contributed by atoms with Crippen molar-refractivity contribution >= 4 is 22.7 Å². The zero-order valence-corrected chi connectivity index (χ0v) is 15.2. The molecule has 5 nitrogen and oxygen atoms in total. The van der Waals surface area contributed by atoms with Gasteiger partial charge in [0.25, 0.3) is 0 Å². The van der Waals surface area contributed by atoms with Crippen molar-refractivity contribution in [1.82, 2.24) is 15.3 Å². The van der Waals surface area contributed by atoms with Gasteiger partial charge in [-0.15, -0.1) is 0 Å². The summed E-state index contributed by atoms with van der Waals surface area (Å²) in [6.45, 7) is 5.94. The minimum atomic E-state index is 0.424. The Labute approximate surface area is 154 Å². The highest BCUT2D eigenvalue weighted by molar-refractivity contribution is 5.90. The van der Waals surface area contributed by atoms with Gasteiger partial charge >= 0.3 is 0 Å². The highest BCUT2D eigenvalue weighted by Gasteiger charge is 2.20. The molecule has 5 heteroatoms. The van der Waals surface area contributed by atoms with Crippen LogP contribution in [-0.2, 0) is 6.54 Å². The Kier molecular flexibility index (Phi) is 4.97. The summed E-state index contributed by atoms with van der Waals surface area (Å²) < 4.78 is 0. The van der Waals surface area contributed by atoms with E-state index in [4.69, 9.17) is 9.97 Å². The average molecular weight is 347 g/mol. The molecule has 2 aromatic carbocycles. The second kappa shape index (κ2) is 7.70. The Hall–Kier alpha value is -2.66. The number of para-hydroxylation sites is 1. The largest absolute Gasteiger partial charge is 0.365 e. The third-order valence-corrected chi connectivity index (χ3v) is 4.95. The normalized spacial score (nSPS) is 17.9. The molecule has 0 amide bonds. The van der Waals surface area contributed by atoms with Gasteiger partial charge in [0.05, 0.1) is 5.52 Å². The van der Waals surface area contributed by atoms with Gasteiger partial charge in [-0.1, -0.05) is 42.5 Å². The standard InChI is InChI=1S/C21H25N5/c1-16-11-12-22-13-14-26(16)21-24-19-10-6-5-9-18(19)20(25-21)23-15-17-7-3-2-4-8-17/h2-10,16,22H,11-15H2,1H3,(H,23,24,25). The van der Waals surface area contributed by atoms with E-state index in [0.717, 1.165) is 55.3 Å². The van der Waals surface area contributed by atoms with Crippen LogP contribution in [-0.4, -0.2) is 35.6 Å². The van der Waals surface area contributed by atoms with Gasteiger partial charge < -0.3 is 15.5 Å². The number of hydrogen-bond donors (Lipinski definition) is 2. The Morgan fingerprint density at radius 2 is 1.85 bits per heavy atom. The first-order valence-corrected chi connectivity index (χ1v) is 9.33. The molecule has 4 rings (SSSR count). The van der Waals surface area contributed by atoms with Gasteiger partial charge in [-0.25, -0.2) is 4.98 Å². The van der Waals surface area contributed by atoms with E-state index >= 15 is 0 Å². The predicted octanol–water partition coefficient (Wildman–Crippen LogP) is 3.43. The molecule has 1 fully saturated rings. The summed E-state index contributed by atoms with van der Waals surface area (Å²) >= 11 is 0. The molecule has 1 unspecified atom stereocenters. The minimum absolute atomic E-state index is 0.424. The number of nitrogens with zero attached hydrogens (tertiary/aromatic N) is 3. The van der Waals surface area contributed by atoms with E-state index in [2.05, 4.69) is 58.9 Å². The highest BCUT2D eigenvalue weighted by atomic mass is 15.3. The van der Waals surface area contributed by atoms with Crippen molar-refractivity contribution < 1.29 is 0 Å². The molecule has 26 heavy (non-hydrogen) atoms. The molecular formula is C21H25N5. The van der Waals surface area contributed by atoms with Gasteiger partial charge in [-0.2, -0.15) is 4.98 Å². The van der Waals surface area contributed by atoms with E-state index in [1.807, 2.05) is 18.2 Å². The van der Waals surface area contributed by atoms with Gasteiger partial charge in [-0.3, -0.25) is 0 Å². The van der Waals surface area contributed by atoms with Crippen molar-refractivity contribution in [2.75, 3.05) is 29.9 Å². The SMILES string of the molecule is CC1CCNCCN1c1nc(NCc2ccccc2)c2ccccc2n1. The van der Waals surface area contributed by atoms with E-state index < -0.39 is 0 Å². The van der Waals surface area contributed by atoms with Crippen molar-refractivity contribution in [2.45, 2.75) is 25.9 Å². The molecule has 1 aliphatic rings. The van der Waals surface area contributed by atoms with Gasteiger partial charge in [-0.05, 0) is 37.6 Å². The monoisotopic (exact) mass is 347 g/mol. The second-order valence-electron chi connectivity index (χ2n) is 6.81. The zero-order chi connectivity index (χ0) is 17.8. The van der Waals surface area contributed by atoms with Crippen LogP contribution in [0.4, 0.5) is 11.8 Å². The van der Waals surface area contributed by atoms with Crippen molar-refractivity contribution in [3.63, 3.8) is 0 Å². The molecule has 2 N–H and O–H groups in total. The molecular weight excluding hydrogens is 322 g/mol. The van der Waals surface area contributed by atoms with Gasteiger partial charge in [0.15, 0.2) is 0 Å². The first-order chi connectivity index (χ1) is 12.8. The Bertz CT molecular complexity index is 865. The summed E-state index contributed by atoms with van der Waals surface area (Å²) in [5.41, 5.74) is 2.22. The van der Waals surface area contributed by atoms with Crippen LogP contribution < -0.4 is 15.5 Å². The first kappa shape index (κ1) is 16.8. The lowest BCUT2D eigenvalue weighted by molar-refractivity contribution is 0.621. The number of fused-ring (bicyclic) bond motifs is 1. The fourth-order valence-electron chi connectivity index (χ4n) is 3.42. The predicted molar refractivity (Wildman–Crippen MR) is 108 cm³/mol. The van der Waals surface area contributed by atoms with Crippen molar-refractivity contribution in [2.24, 2.45) is 0 Å². The van der Waals surface area contributed by atoms with Crippen LogP contribution in [0.5, 0.6) is 0 Å². The number of aromatic nitrogens is 2. The third-order valence-electron chi connectivity index (χ3n) is 4.95. The topological polar surface area (TPSA) is 53.1 Å². The van der Waals surface area contributed by atoms with Crippen LogP contribution in [0.25, 0.3) is 10.9 Å². The smallest absolute Gasteiger partial charge is 0.228 e. The number of rotatable bonds is 4. The molecule has 0 saturated carbocycles. The average Bonchev–Trinajstić information content (AvgIpc) is 2.91. The third kappa shape index (κ3) is 3.63. The lowest BCUT2D eigenvalue weighted by Crippen LogP contribution is -2.35. The molecule has 1 aliphatic heterocycles. The van der Waals surface area contributed by atoms with Gasteiger partial charge in [0.1, 0.15) is 5.82 Å². The summed E-state index contributed by atoms with van der Waals surface area (Å²) in [6, 6.07) is 19.1. The van der Waals surface area contributed by atoms with E-state index in [1.165, 1.54) is 5.56 Å². The number of hydrogen-bond acceptors (Lipinski definition) is 5. The fourth-order valence-corrected chi connectivity index (χ4v) is 3.42. The molecule has 0 bridgehead atoms. The fraction of sp³-hybridized carbons (Fsp3) is 0.333. The van der Waals surface area contributed by atoms with E-state index in [0.29, 0.717) is 6.04 Å². The van der Waals surface area contributed by atoms with Crippen LogP contribution in [0.1, 0.15) is 18.9 Å². The summed E-state index contributed by atoms with van der Waals surface area (Å²) in [5, 5.41) is 8.05. The second-order valence-corrected chi connectivity index (χ2v) is 6.81. The lowest BCUT2D eigenvalue weighted by atomic mass is 10.2. The Balaban J connectivity index is 1.68. The molecule has 1 atom stereocenters. The van der Waals surface area contributed by atoms with E-state index in [-0.39, 0.29) is 0 Å². The summed E-state index contributed by atoms with van der Waals surface area (Å²) in [4.78, 5) is 12.1. The molecule has 0 aliphatic carbocycles. The van der Waals surface area contributed by atoms with Crippen LogP contribution in [0.3, 0.4) is 0 Å². The molecule has 2 heterocycles. The summed E-state index contributed by atoms with van der Waals surface area (Å²) in [6.07, 6.45) is 1.10. The van der Waals surface area contributed by atoms with Crippen LogP contribution >= 0.6 is 0 Å². The Morgan fingerprint density at radius 1 is 1.04 bits per heavy atom.